The van der Waals surface area contributed by atoms with Gasteiger partial charge >= 0.3 is 0 Å². The van der Waals surface area contributed by atoms with E-state index in [1.165, 1.54) is 0 Å². The summed E-state index contributed by atoms with van der Waals surface area (Å²) in [6, 6.07) is 7.69. The SMILES string of the molecule is CC1C=C(C(Nc2cccc(Br)c2)N(C)O)c2[nH]c(NCCNS(C)(=O)=O)nc2N1. The van der Waals surface area contributed by atoms with E-state index >= 15 is 0 Å². The topological polar surface area (TPSA) is 134 Å². The van der Waals surface area contributed by atoms with Crippen molar-refractivity contribution in [3.63, 3.8) is 0 Å². The third-order valence-corrected chi connectivity index (χ3v) is 5.59. The molecule has 6 N–H and O–H groups in total. The third kappa shape index (κ3) is 5.95. The molecule has 0 radical (unpaired) electrons. The molecule has 2 aromatic rings. The number of likely N-dealkylation sites (N-methyl/N-ethyl adjacent to an activating group) is 1. The number of fused-ring (bicyclic) bond motifs is 1. The summed E-state index contributed by atoms with van der Waals surface area (Å²) in [5.41, 5.74) is 2.41. The molecule has 1 aliphatic rings. The van der Waals surface area contributed by atoms with Crippen LogP contribution in [0.4, 0.5) is 17.5 Å². The van der Waals surface area contributed by atoms with Crippen LogP contribution in [0.3, 0.4) is 0 Å². The molecule has 1 aromatic carbocycles. The van der Waals surface area contributed by atoms with Crippen LogP contribution in [-0.2, 0) is 10.0 Å². The van der Waals surface area contributed by atoms with Crippen molar-refractivity contribution in [2.45, 2.75) is 19.1 Å². The fourth-order valence-corrected chi connectivity index (χ4v) is 4.01. The molecule has 0 fully saturated rings. The van der Waals surface area contributed by atoms with Gasteiger partial charge in [-0.15, -0.1) is 0 Å². The first-order valence-corrected chi connectivity index (χ1v) is 12.0. The van der Waals surface area contributed by atoms with Crippen molar-refractivity contribution in [3.05, 3.63) is 40.5 Å². The molecular weight excluding hydrogens is 474 g/mol. The minimum absolute atomic E-state index is 0.00214. The number of nitrogens with one attached hydrogen (secondary N) is 5. The Morgan fingerprint density at radius 1 is 1.37 bits per heavy atom. The number of aromatic nitrogens is 2. The Balaban J connectivity index is 1.80. The van der Waals surface area contributed by atoms with Crippen LogP contribution in [0, 0.1) is 0 Å². The molecule has 0 amide bonds. The average molecular weight is 500 g/mol. The molecule has 2 atom stereocenters. The lowest BCUT2D eigenvalue weighted by Crippen LogP contribution is -2.38. The molecule has 0 saturated heterocycles. The Morgan fingerprint density at radius 2 is 2.13 bits per heavy atom. The second-order valence-corrected chi connectivity index (χ2v) is 9.84. The number of hydrogen-bond donors (Lipinski definition) is 6. The van der Waals surface area contributed by atoms with Crippen LogP contribution in [0.2, 0.25) is 0 Å². The number of hydroxylamine groups is 2. The molecular formula is C18H26BrN7O3S. The van der Waals surface area contributed by atoms with Crippen LogP contribution >= 0.6 is 15.9 Å². The molecule has 10 nitrogen and oxygen atoms in total. The molecule has 30 heavy (non-hydrogen) atoms. The quantitative estimate of drug-likeness (QED) is 0.175. The third-order valence-electron chi connectivity index (χ3n) is 4.36. The number of sulfonamides is 1. The van der Waals surface area contributed by atoms with Gasteiger partial charge in [-0.25, -0.2) is 13.1 Å². The lowest BCUT2D eigenvalue weighted by Gasteiger charge is -2.30. The summed E-state index contributed by atoms with van der Waals surface area (Å²) in [5, 5.41) is 21.1. The molecule has 2 heterocycles. The maximum Gasteiger partial charge on any atom is 0.208 e. The van der Waals surface area contributed by atoms with E-state index in [0.717, 1.165) is 32.7 Å². The van der Waals surface area contributed by atoms with Gasteiger partial charge in [-0.1, -0.05) is 28.1 Å². The highest BCUT2D eigenvalue weighted by molar-refractivity contribution is 9.10. The van der Waals surface area contributed by atoms with Gasteiger partial charge in [0.15, 0.2) is 5.82 Å². The van der Waals surface area contributed by atoms with Crippen LogP contribution < -0.4 is 20.7 Å². The number of benzene rings is 1. The number of imidazole rings is 1. The highest BCUT2D eigenvalue weighted by Gasteiger charge is 2.28. The van der Waals surface area contributed by atoms with Crippen LogP contribution in [0.5, 0.6) is 0 Å². The lowest BCUT2D eigenvalue weighted by atomic mass is 10.0. The maximum atomic E-state index is 11.2. The summed E-state index contributed by atoms with van der Waals surface area (Å²) in [5.74, 6) is 1.16. The van der Waals surface area contributed by atoms with Gasteiger partial charge in [0.05, 0.1) is 11.9 Å². The second kappa shape index (κ2) is 9.35. The van der Waals surface area contributed by atoms with Crippen molar-refractivity contribution in [2.75, 3.05) is 42.3 Å². The van der Waals surface area contributed by atoms with Crippen LogP contribution in [0.15, 0.2) is 34.8 Å². The summed E-state index contributed by atoms with van der Waals surface area (Å²) < 4.78 is 25.7. The molecule has 2 unspecified atom stereocenters. The van der Waals surface area contributed by atoms with Crippen molar-refractivity contribution in [1.82, 2.24) is 19.8 Å². The van der Waals surface area contributed by atoms with Gasteiger partial charge in [-0.2, -0.15) is 10.0 Å². The Kier molecular flexibility index (Phi) is 7.03. The first kappa shape index (κ1) is 22.6. The van der Waals surface area contributed by atoms with Crippen molar-refractivity contribution >= 4 is 49.0 Å². The van der Waals surface area contributed by atoms with Crippen molar-refractivity contribution in [2.24, 2.45) is 0 Å². The minimum Gasteiger partial charge on any atom is -0.364 e. The lowest BCUT2D eigenvalue weighted by molar-refractivity contribution is -0.0774. The fraction of sp³-hybridized carbons (Fsp3) is 0.389. The second-order valence-electron chi connectivity index (χ2n) is 7.09. The maximum absolute atomic E-state index is 11.2. The number of nitrogens with zero attached hydrogens (tertiary/aromatic N) is 2. The van der Waals surface area contributed by atoms with E-state index in [2.05, 4.69) is 46.6 Å². The number of H-pyrrole nitrogens is 1. The predicted molar refractivity (Wildman–Crippen MR) is 122 cm³/mol. The number of anilines is 3. The zero-order valence-electron chi connectivity index (χ0n) is 16.9. The summed E-state index contributed by atoms with van der Waals surface area (Å²) in [6.45, 7) is 2.60. The van der Waals surface area contributed by atoms with Gasteiger partial charge in [0.2, 0.25) is 16.0 Å². The van der Waals surface area contributed by atoms with Gasteiger partial charge in [0.1, 0.15) is 6.17 Å². The predicted octanol–water partition coefficient (Wildman–Crippen LogP) is 2.09. The Labute approximate surface area is 184 Å². The Hall–Kier alpha value is -2.12. The fourth-order valence-electron chi connectivity index (χ4n) is 3.13. The molecule has 0 aliphatic carbocycles. The number of hydrogen-bond acceptors (Lipinski definition) is 8. The Morgan fingerprint density at radius 3 is 2.80 bits per heavy atom. The number of halogens is 1. The van der Waals surface area contributed by atoms with E-state index in [0.29, 0.717) is 18.3 Å². The van der Waals surface area contributed by atoms with E-state index < -0.39 is 16.2 Å². The molecule has 0 spiro atoms. The van der Waals surface area contributed by atoms with Gasteiger partial charge in [0.25, 0.3) is 0 Å². The van der Waals surface area contributed by atoms with E-state index in [4.69, 9.17) is 0 Å². The average Bonchev–Trinajstić information content (AvgIpc) is 3.04. The number of aromatic amines is 1. The van der Waals surface area contributed by atoms with Crippen molar-refractivity contribution in [1.29, 1.82) is 0 Å². The first-order valence-electron chi connectivity index (χ1n) is 9.33. The van der Waals surface area contributed by atoms with Gasteiger partial charge in [-0.3, -0.25) is 0 Å². The molecule has 3 rings (SSSR count). The van der Waals surface area contributed by atoms with Crippen molar-refractivity contribution < 1.29 is 13.6 Å². The molecule has 1 aliphatic heterocycles. The van der Waals surface area contributed by atoms with E-state index in [1.807, 2.05) is 37.3 Å². The highest BCUT2D eigenvalue weighted by Crippen LogP contribution is 2.33. The summed E-state index contributed by atoms with van der Waals surface area (Å²) >= 11 is 3.46. The standard InChI is InChI=1S/C18H26BrN7O3S/c1-11-9-14(17(26(2)27)23-13-6-4-5-12(19)10-13)15-16(22-11)25-18(24-15)20-7-8-21-30(3,28)29/h4-6,9-11,17,21-23,27H,7-8H2,1-3H3,(H2,20,24,25). The monoisotopic (exact) mass is 499 g/mol. The van der Waals surface area contributed by atoms with Crippen molar-refractivity contribution in [3.8, 4) is 0 Å². The van der Waals surface area contributed by atoms with Gasteiger partial charge < -0.3 is 26.1 Å². The molecule has 0 bridgehead atoms. The number of rotatable bonds is 9. The smallest absolute Gasteiger partial charge is 0.208 e. The first-order chi connectivity index (χ1) is 14.1. The molecule has 1 aromatic heterocycles. The Bertz CT molecular complexity index is 1020. The molecule has 0 saturated carbocycles. The van der Waals surface area contributed by atoms with Crippen LogP contribution in [-0.4, -0.2) is 67.3 Å². The van der Waals surface area contributed by atoms with Crippen LogP contribution in [0.25, 0.3) is 5.57 Å². The van der Waals surface area contributed by atoms with E-state index in [9.17, 15) is 13.6 Å². The van der Waals surface area contributed by atoms with Gasteiger partial charge in [0, 0.05) is 41.9 Å². The zero-order chi connectivity index (χ0) is 21.9. The van der Waals surface area contributed by atoms with E-state index in [1.54, 1.807) is 7.05 Å². The summed E-state index contributed by atoms with van der Waals surface area (Å²) in [4.78, 5) is 7.73. The van der Waals surface area contributed by atoms with E-state index in [-0.39, 0.29) is 12.6 Å². The normalized spacial score (nSPS) is 17.1. The zero-order valence-corrected chi connectivity index (χ0v) is 19.3. The minimum atomic E-state index is -3.24. The summed E-state index contributed by atoms with van der Waals surface area (Å²) in [7, 11) is -1.66. The summed E-state index contributed by atoms with van der Waals surface area (Å²) in [6.07, 6.45) is 2.60. The largest absolute Gasteiger partial charge is 0.364 e. The molecule has 12 heteroatoms. The molecule has 164 valence electrons. The highest BCUT2D eigenvalue weighted by atomic mass is 79.9. The van der Waals surface area contributed by atoms with Crippen LogP contribution in [0.1, 0.15) is 12.6 Å². The van der Waals surface area contributed by atoms with Gasteiger partial charge in [-0.05, 0) is 25.1 Å².